The number of halogens is 1. The van der Waals surface area contributed by atoms with Gasteiger partial charge in [-0.15, -0.1) is 24.0 Å². The molecule has 0 aliphatic carbocycles. The first-order valence-electron chi connectivity index (χ1n) is 11.4. The Balaban J connectivity index is 0.00000341. The number of aliphatic imine (C=N–C) groups is 1. The molecule has 2 saturated heterocycles. The first-order valence-corrected chi connectivity index (χ1v) is 12.9. The maximum absolute atomic E-state index is 12.4. The maximum Gasteiger partial charge on any atom is 0.193 e. The summed E-state index contributed by atoms with van der Waals surface area (Å²) in [5.41, 5.74) is 1.12. The Kier molecular flexibility index (Phi) is 13.0. The zero-order chi connectivity index (χ0) is 21.0. The molecule has 0 radical (unpaired) electrons. The zero-order valence-corrected chi connectivity index (χ0v) is 21.8. The van der Waals surface area contributed by atoms with Crippen LogP contribution in [0.2, 0.25) is 0 Å². The van der Waals surface area contributed by atoms with Crippen LogP contribution in [0.3, 0.4) is 0 Å². The fourth-order valence-corrected chi connectivity index (χ4v) is 4.93. The summed E-state index contributed by atoms with van der Waals surface area (Å²) >= 11 is 0. The van der Waals surface area contributed by atoms with Gasteiger partial charge < -0.3 is 19.7 Å². The summed E-state index contributed by atoms with van der Waals surface area (Å²) in [5.74, 6) is 2.12. The van der Waals surface area contributed by atoms with Crippen LogP contribution in [0.1, 0.15) is 44.6 Å². The van der Waals surface area contributed by atoms with Crippen molar-refractivity contribution < 1.29 is 13.7 Å². The van der Waals surface area contributed by atoms with Crippen LogP contribution in [0.25, 0.3) is 0 Å². The molecule has 0 saturated carbocycles. The monoisotopic (exact) mass is 563 g/mol. The average Bonchev–Trinajstić information content (AvgIpc) is 2.79. The number of ether oxygens (including phenoxy) is 2. The van der Waals surface area contributed by atoms with Crippen LogP contribution in [-0.2, 0) is 26.0 Å². The molecule has 0 bridgehead atoms. The second-order valence-electron chi connectivity index (χ2n) is 8.02. The van der Waals surface area contributed by atoms with E-state index in [1.165, 1.54) is 12.8 Å². The third kappa shape index (κ3) is 9.75. The molecule has 2 aliphatic heterocycles. The lowest BCUT2D eigenvalue weighted by molar-refractivity contribution is -0.0721. The van der Waals surface area contributed by atoms with E-state index in [4.69, 9.17) is 14.5 Å². The Labute approximate surface area is 207 Å². The number of nitrogens with one attached hydrogen (secondary N) is 1. The molecule has 0 aromatic heterocycles. The van der Waals surface area contributed by atoms with Crippen molar-refractivity contribution in [3.63, 3.8) is 0 Å². The molecule has 0 amide bonds. The van der Waals surface area contributed by atoms with Gasteiger partial charge in [0.25, 0.3) is 0 Å². The van der Waals surface area contributed by atoms with Crippen molar-refractivity contribution in [1.29, 1.82) is 0 Å². The lowest BCUT2D eigenvalue weighted by Gasteiger charge is -2.35. The zero-order valence-electron chi connectivity index (χ0n) is 18.7. The summed E-state index contributed by atoms with van der Waals surface area (Å²) in [6.07, 6.45) is 6.18. The third-order valence-electron chi connectivity index (χ3n) is 5.62. The molecule has 2 unspecified atom stereocenters. The van der Waals surface area contributed by atoms with Gasteiger partial charge in [0.1, 0.15) is 0 Å². The number of hydrogen-bond acceptors (Lipinski definition) is 4. The topological polar surface area (TPSA) is 63.2 Å². The lowest BCUT2D eigenvalue weighted by Crippen LogP contribution is -2.47. The van der Waals surface area contributed by atoms with Crippen LogP contribution in [0.5, 0.6) is 0 Å². The molecule has 1 N–H and O–H groups in total. The minimum Gasteiger partial charge on any atom is -0.376 e. The maximum atomic E-state index is 12.4. The highest BCUT2D eigenvalue weighted by molar-refractivity contribution is 14.0. The van der Waals surface area contributed by atoms with Gasteiger partial charge in [-0.3, -0.25) is 9.20 Å². The van der Waals surface area contributed by atoms with Crippen LogP contribution >= 0.6 is 24.0 Å². The number of benzene rings is 1. The molecule has 31 heavy (non-hydrogen) atoms. The molecule has 2 aliphatic rings. The van der Waals surface area contributed by atoms with Gasteiger partial charge in [-0.2, -0.15) is 0 Å². The van der Waals surface area contributed by atoms with Crippen molar-refractivity contribution in [2.75, 3.05) is 45.1 Å². The molecule has 1 aromatic rings. The van der Waals surface area contributed by atoms with Crippen molar-refractivity contribution >= 4 is 40.7 Å². The first-order chi connectivity index (χ1) is 14.7. The second-order valence-corrected chi connectivity index (χ2v) is 9.59. The minimum absolute atomic E-state index is 0. The molecule has 2 atom stereocenters. The van der Waals surface area contributed by atoms with E-state index in [0.717, 1.165) is 63.6 Å². The van der Waals surface area contributed by atoms with Crippen LogP contribution in [0, 0.1) is 0 Å². The molecule has 1 aromatic carbocycles. The van der Waals surface area contributed by atoms with Gasteiger partial charge in [-0.05, 0) is 44.6 Å². The Morgan fingerprint density at radius 1 is 1.23 bits per heavy atom. The number of rotatable bonds is 9. The lowest BCUT2D eigenvalue weighted by atomic mass is 10.1. The van der Waals surface area contributed by atoms with E-state index in [-0.39, 0.29) is 30.1 Å². The SMILES string of the molecule is CCNC(=NCCS(=O)Cc1ccccc1)N1CCC(OCC2CCCCO2)CC1.I. The normalized spacial score (nSPS) is 21.4. The first kappa shape index (κ1) is 26.5. The minimum atomic E-state index is -0.893. The van der Waals surface area contributed by atoms with E-state index in [9.17, 15) is 4.21 Å². The standard InChI is InChI=1S/C23H37N3O3S.HI/c1-2-24-23(25-13-17-30(27)19-20-8-4-3-5-9-20)26-14-11-21(12-15-26)29-18-22-10-6-7-16-28-22;/h3-5,8-9,21-22H,2,6-7,10-19H2,1H3,(H,24,25);1H. The highest BCUT2D eigenvalue weighted by Crippen LogP contribution is 2.18. The van der Waals surface area contributed by atoms with E-state index in [0.29, 0.717) is 24.2 Å². The number of likely N-dealkylation sites (tertiary alicyclic amines) is 1. The number of guanidine groups is 1. The summed E-state index contributed by atoms with van der Waals surface area (Å²) in [6, 6.07) is 10.0. The highest BCUT2D eigenvalue weighted by Gasteiger charge is 2.23. The van der Waals surface area contributed by atoms with Gasteiger partial charge in [-0.25, -0.2) is 0 Å². The molecular formula is C23H38IN3O3S. The van der Waals surface area contributed by atoms with E-state index >= 15 is 0 Å². The van der Waals surface area contributed by atoms with Crippen molar-refractivity contribution in [1.82, 2.24) is 10.2 Å². The van der Waals surface area contributed by atoms with Crippen LogP contribution < -0.4 is 5.32 Å². The van der Waals surface area contributed by atoms with Gasteiger partial charge in [0.2, 0.25) is 0 Å². The summed E-state index contributed by atoms with van der Waals surface area (Å²) < 4.78 is 24.3. The highest BCUT2D eigenvalue weighted by atomic mass is 127. The molecule has 8 heteroatoms. The summed E-state index contributed by atoms with van der Waals surface area (Å²) in [6.45, 7) is 6.99. The Morgan fingerprint density at radius 3 is 2.68 bits per heavy atom. The predicted molar refractivity (Wildman–Crippen MR) is 139 cm³/mol. The van der Waals surface area contributed by atoms with Gasteiger partial charge in [0.05, 0.1) is 25.4 Å². The molecule has 2 fully saturated rings. The fourth-order valence-electron chi connectivity index (χ4n) is 3.93. The summed E-state index contributed by atoms with van der Waals surface area (Å²) in [7, 11) is -0.893. The van der Waals surface area contributed by atoms with Crippen molar-refractivity contribution in [2.24, 2.45) is 4.99 Å². The van der Waals surface area contributed by atoms with E-state index in [1.807, 2.05) is 30.3 Å². The summed E-state index contributed by atoms with van der Waals surface area (Å²) in [4.78, 5) is 7.05. The largest absolute Gasteiger partial charge is 0.376 e. The van der Waals surface area contributed by atoms with Gasteiger partial charge in [0, 0.05) is 48.5 Å². The molecule has 6 nitrogen and oxygen atoms in total. The van der Waals surface area contributed by atoms with Crippen LogP contribution in [-0.4, -0.2) is 72.4 Å². The van der Waals surface area contributed by atoms with Crippen molar-refractivity contribution in [2.45, 2.75) is 57.0 Å². The van der Waals surface area contributed by atoms with Crippen molar-refractivity contribution in [3.05, 3.63) is 35.9 Å². The molecule has 2 heterocycles. The predicted octanol–water partition coefficient (Wildman–Crippen LogP) is 3.57. The van der Waals surface area contributed by atoms with Crippen LogP contribution in [0.15, 0.2) is 35.3 Å². The van der Waals surface area contributed by atoms with Crippen LogP contribution in [0.4, 0.5) is 0 Å². The number of piperidine rings is 1. The smallest absolute Gasteiger partial charge is 0.193 e. The van der Waals surface area contributed by atoms with E-state index in [2.05, 4.69) is 17.1 Å². The molecule has 176 valence electrons. The molecule has 0 spiro atoms. The van der Waals surface area contributed by atoms with E-state index in [1.54, 1.807) is 0 Å². The third-order valence-corrected chi connectivity index (χ3v) is 6.91. The van der Waals surface area contributed by atoms with E-state index < -0.39 is 10.8 Å². The van der Waals surface area contributed by atoms with Crippen molar-refractivity contribution in [3.8, 4) is 0 Å². The second kappa shape index (κ2) is 15.2. The van der Waals surface area contributed by atoms with Gasteiger partial charge >= 0.3 is 0 Å². The average molecular weight is 564 g/mol. The number of nitrogens with zero attached hydrogens (tertiary/aromatic N) is 2. The fraction of sp³-hybridized carbons (Fsp3) is 0.696. The Bertz CT molecular complexity index is 663. The van der Waals surface area contributed by atoms with Gasteiger partial charge in [0.15, 0.2) is 5.96 Å². The molecular weight excluding hydrogens is 525 g/mol. The van der Waals surface area contributed by atoms with Gasteiger partial charge in [-0.1, -0.05) is 30.3 Å². The molecule has 3 rings (SSSR count). The Morgan fingerprint density at radius 2 is 2.00 bits per heavy atom. The quantitative estimate of drug-likeness (QED) is 0.283. The number of hydrogen-bond donors (Lipinski definition) is 1. The Hall–Kier alpha value is -0.710. The summed E-state index contributed by atoms with van der Waals surface area (Å²) in [5, 5.41) is 3.39.